The largest absolute Gasteiger partial charge is 0.472 e. The summed E-state index contributed by atoms with van der Waals surface area (Å²) in [6.45, 7) is 4.61. The van der Waals surface area contributed by atoms with Crippen molar-refractivity contribution < 1.29 is 9.52 Å². The van der Waals surface area contributed by atoms with Crippen LogP contribution in [0.25, 0.3) is 0 Å². The minimum atomic E-state index is 0.178. The lowest BCUT2D eigenvalue weighted by Crippen LogP contribution is -2.26. The van der Waals surface area contributed by atoms with Gasteiger partial charge in [0.1, 0.15) is 0 Å². The lowest BCUT2D eigenvalue weighted by Gasteiger charge is -2.20. The summed E-state index contributed by atoms with van der Waals surface area (Å²) in [5, 5.41) is 12.2. The summed E-state index contributed by atoms with van der Waals surface area (Å²) in [5.74, 6) is 0.731. The minimum Gasteiger partial charge on any atom is -0.472 e. The molecule has 0 atom stereocenters. The number of hydrogen-bond donors (Lipinski definition) is 2. The third kappa shape index (κ3) is 5.32. The van der Waals surface area contributed by atoms with E-state index in [9.17, 15) is 0 Å². The number of piperidine rings is 1. The number of furan rings is 1. The van der Waals surface area contributed by atoms with E-state index >= 15 is 0 Å². The molecule has 1 aromatic heterocycles. The van der Waals surface area contributed by atoms with E-state index in [2.05, 4.69) is 30.5 Å². The van der Waals surface area contributed by atoms with E-state index in [1.165, 1.54) is 24.0 Å². The monoisotopic (exact) mass is 301 g/mol. The highest BCUT2D eigenvalue weighted by molar-refractivity contribution is 5.29. The molecule has 22 heavy (non-hydrogen) atoms. The zero-order valence-electron chi connectivity index (χ0n) is 13.4. The van der Waals surface area contributed by atoms with Crippen LogP contribution in [0, 0.1) is 0 Å². The number of nitrogens with one attached hydrogen (secondary N) is 1. The number of rotatable bonds is 3. The second-order valence-corrected chi connectivity index (χ2v) is 5.76. The number of aliphatic hydroxyl groups excluding tert-OH is 1. The topological polar surface area (TPSA) is 45.4 Å². The third-order valence-corrected chi connectivity index (χ3v) is 4.23. The van der Waals surface area contributed by atoms with Crippen LogP contribution in [0.2, 0.25) is 0 Å². The molecule has 0 aromatic carbocycles. The first-order valence-corrected chi connectivity index (χ1v) is 8.22. The second kappa shape index (κ2) is 9.44. The molecular formula is C19H27NO2. The van der Waals surface area contributed by atoms with Crippen molar-refractivity contribution in [2.24, 2.45) is 0 Å². The van der Waals surface area contributed by atoms with Gasteiger partial charge in [0.05, 0.1) is 19.1 Å². The van der Waals surface area contributed by atoms with Gasteiger partial charge in [-0.1, -0.05) is 36.8 Å². The molecule has 1 aliphatic carbocycles. The zero-order chi connectivity index (χ0) is 15.6. The molecule has 3 rings (SSSR count). The summed E-state index contributed by atoms with van der Waals surface area (Å²) in [6, 6.07) is 2.08. The molecule has 1 aliphatic heterocycles. The molecule has 3 heteroatoms. The molecule has 0 unspecified atom stereocenters. The van der Waals surface area contributed by atoms with E-state index in [1.54, 1.807) is 6.26 Å². The third-order valence-electron chi connectivity index (χ3n) is 4.23. The van der Waals surface area contributed by atoms with Crippen LogP contribution in [0.1, 0.15) is 44.1 Å². The Morgan fingerprint density at radius 3 is 2.77 bits per heavy atom. The summed E-state index contributed by atoms with van der Waals surface area (Å²) in [4.78, 5) is 0. The smallest absolute Gasteiger partial charge is 0.0937 e. The van der Waals surface area contributed by atoms with Gasteiger partial charge in [-0.3, -0.25) is 0 Å². The molecule has 2 aliphatic rings. The van der Waals surface area contributed by atoms with Crippen molar-refractivity contribution in [3.8, 4) is 0 Å². The fourth-order valence-electron chi connectivity index (χ4n) is 2.75. The molecular weight excluding hydrogens is 274 g/mol. The van der Waals surface area contributed by atoms with Crippen LogP contribution in [0.4, 0.5) is 0 Å². The van der Waals surface area contributed by atoms with Crippen molar-refractivity contribution in [2.75, 3.05) is 19.7 Å². The van der Waals surface area contributed by atoms with Crippen molar-refractivity contribution in [1.29, 1.82) is 0 Å². The Labute approximate surface area is 133 Å². The Hall–Kier alpha value is -1.58. The maximum atomic E-state index is 8.84. The molecule has 1 aromatic rings. The van der Waals surface area contributed by atoms with Crippen molar-refractivity contribution in [3.05, 3.63) is 59.6 Å². The lowest BCUT2D eigenvalue weighted by molar-refractivity contribution is 0.329. The van der Waals surface area contributed by atoms with Crippen molar-refractivity contribution >= 4 is 0 Å². The SMILES string of the molecule is CCC1=CCC(CO)=CC=C1.c1cc(C2CCNCC2)co1. The number of allylic oxidation sites excluding steroid dienone is 5. The maximum Gasteiger partial charge on any atom is 0.0937 e. The summed E-state index contributed by atoms with van der Waals surface area (Å²) in [7, 11) is 0. The molecule has 3 nitrogen and oxygen atoms in total. The van der Waals surface area contributed by atoms with Gasteiger partial charge in [0.25, 0.3) is 0 Å². The standard InChI is InChI=1S/C10H14O.C9H13NO/c1-2-9-4-3-5-10(8-11)7-6-9;1-4-10-5-2-8(1)9-3-6-11-7-9/h3-6,11H,2,7-8H2,1H3;3,6-8,10H,1-2,4-5H2. The van der Waals surface area contributed by atoms with Crippen LogP contribution in [0.3, 0.4) is 0 Å². The van der Waals surface area contributed by atoms with E-state index in [0.29, 0.717) is 0 Å². The molecule has 0 saturated carbocycles. The van der Waals surface area contributed by atoms with Gasteiger partial charge in [-0.25, -0.2) is 0 Å². The van der Waals surface area contributed by atoms with Crippen LogP contribution in [0.15, 0.2) is 58.5 Å². The average molecular weight is 301 g/mol. The van der Waals surface area contributed by atoms with Crippen molar-refractivity contribution in [3.63, 3.8) is 0 Å². The van der Waals surface area contributed by atoms with E-state index < -0.39 is 0 Å². The molecule has 0 bridgehead atoms. The Kier molecular flexibility index (Phi) is 7.20. The predicted molar refractivity (Wildman–Crippen MR) is 90.9 cm³/mol. The fourth-order valence-corrected chi connectivity index (χ4v) is 2.75. The van der Waals surface area contributed by atoms with Gasteiger partial charge in [0.2, 0.25) is 0 Å². The molecule has 0 spiro atoms. The predicted octanol–water partition coefficient (Wildman–Crippen LogP) is 3.95. The molecule has 0 radical (unpaired) electrons. The minimum absolute atomic E-state index is 0.178. The normalized spacial score (nSPS) is 18.8. The van der Waals surface area contributed by atoms with Gasteiger partial charge in [-0.15, -0.1) is 0 Å². The lowest BCUT2D eigenvalue weighted by atomic mass is 9.92. The van der Waals surface area contributed by atoms with Gasteiger partial charge in [-0.05, 0) is 61.9 Å². The van der Waals surface area contributed by atoms with E-state index in [0.717, 1.165) is 37.4 Å². The van der Waals surface area contributed by atoms with Crippen LogP contribution in [-0.4, -0.2) is 24.8 Å². The maximum absolute atomic E-state index is 8.84. The second-order valence-electron chi connectivity index (χ2n) is 5.76. The summed E-state index contributed by atoms with van der Waals surface area (Å²) in [6.07, 6.45) is 16.4. The average Bonchev–Trinajstić information content (AvgIpc) is 3.02. The number of aliphatic hydroxyl groups is 1. The van der Waals surface area contributed by atoms with Crippen LogP contribution in [0.5, 0.6) is 0 Å². The van der Waals surface area contributed by atoms with E-state index in [-0.39, 0.29) is 6.61 Å². The summed E-state index contributed by atoms with van der Waals surface area (Å²) >= 11 is 0. The highest BCUT2D eigenvalue weighted by Crippen LogP contribution is 2.24. The summed E-state index contributed by atoms with van der Waals surface area (Å²) in [5.41, 5.74) is 3.81. The van der Waals surface area contributed by atoms with Crippen LogP contribution in [-0.2, 0) is 0 Å². The Balaban J connectivity index is 0.000000160. The van der Waals surface area contributed by atoms with Gasteiger partial charge in [-0.2, -0.15) is 0 Å². The van der Waals surface area contributed by atoms with Crippen molar-refractivity contribution in [2.45, 2.75) is 38.5 Å². The van der Waals surface area contributed by atoms with Gasteiger partial charge in [0.15, 0.2) is 0 Å². The first-order valence-electron chi connectivity index (χ1n) is 8.22. The first-order chi connectivity index (χ1) is 10.8. The van der Waals surface area contributed by atoms with Gasteiger partial charge < -0.3 is 14.8 Å². The van der Waals surface area contributed by atoms with Crippen molar-refractivity contribution in [1.82, 2.24) is 5.32 Å². The quantitative estimate of drug-likeness (QED) is 0.888. The molecule has 0 amide bonds. The zero-order valence-corrected chi connectivity index (χ0v) is 13.4. The number of hydrogen-bond acceptors (Lipinski definition) is 3. The van der Waals surface area contributed by atoms with E-state index in [4.69, 9.17) is 9.52 Å². The Bertz CT molecular complexity index is 506. The highest BCUT2D eigenvalue weighted by Gasteiger charge is 2.15. The van der Waals surface area contributed by atoms with Crippen LogP contribution < -0.4 is 5.32 Å². The molecule has 1 saturated heterocycles. The van der Waals surface area contributed by atoms with E-state index in [1.807, 2.05) is 18.4 Å². The fraction of sp³-hybridized carbons (Fsp3) is 0.474. The Morgan fingerprint density at radius 2 is 2.14 bits per heavy atom. The molecule has 2 heterocycles. The van der Waals surface area contributed by atoms with Crippen LogP contribution >= 0.6 is 0 Å². The van der Waals surface area contributed by atoms with Gasteiger partial charge in [0, 0.05) is 0 Å². The Morgan fingerprint density at radius 1 is 1.32 bits per heavy atom. The first kappa shape index (κ1) is 16.8. The molecule has 1 fully saturated rings. The summed E-state index contributed by atoms with van der Waals surface area (Å²) < 4.78 is 5.05. The highest BCUT2D eigenvalue weighted by atomic mass is 16.3. The molecule has 2 N–H and O–H groups in total. The molecule has 120 valence electrons. The van der Waals surface area contributed by atoms with Gasteiger partial charge >= 0.3 is 0 Å².